The fourth-order valence-corrected chi connectivity index (χ4v) is 2.23. The molecule has 0 fully saturated rings. The van der Waals surface area contributed by atoms with Crippen molar-refractivity contribution in [3.05, 3.63) is 45.1 Å². The number of nitrogens with zero attached hydrogens (tertiary/aromatic N) is 3. The van der Waals surface area contributed by atoms with Crippen LogP contribution in [0.3, 0.4) is 0 Å². The van der Waals surface area contributed by atoms with E-state index in [1.807, 2.05) is 0 Å². The zero-order valence-corrected chi connectivity index (χ0v) is 12.2. The molecule has 0 bridgehead atoms. The van der Waals surface area contributed by atoms with Gasteiger partial charge in [0.25, 0.3) is 0 Å². The van der Waals surface area contributed by atoms with Crippen LogP contribution in [0.5, 0.6) is 0 Å². The average Bonchev–Trinajstić information content (AvgIpc) is 2.80. The van der Waals surface area contributed by atoms with Gasteiger partial charge in [-0.3, -0.25) is 0 Å². The smallest absolute Gasteiger partial charge is 0.122 e. The Bertz CT molecular complexity index is 544. The number of aliphatic hydroxyl groups excluding tert-OH is 1. The molecule has 1 aromatic heterocycles. The summed E-state index contributed by atoms with van der Waals surface area (Å²) >= 11 is 9.28. The molecule has 2 aromatic rings. The van der Waals surface area contributed by atoms with Gasteiger partial charge in [-0.2, -0.15) is 0 Å². The minimum atomic E-state index is -0.750. The van der Waals surface area contributed by atoms with Crippen molar-refractivity contribution in [3.63, 3.8) is 0 Å². The maximum Gasteiger partial charge on any atom is 0.122 e. The van der Waals surface area contributed by atoms with Gasteiger partial charge < -0.3 is 5.11 Å². The molecule has 2 rings (SSSR count). The maximum absolute atomic E-state index is 10.3. The number of halogens is 2. The van der Waals surface area contributed by atoms with E-state index in [1.165, 1.54) is 0 Å². The summed E-state index contributed by atoms with van der Waals surface area (Å²) in [6, 6.07) is 5.34. The van der Waals surface area contributed by atoms with Crippen molar-refractivity contribution in [2.24, 2.45) is 0 Å². The van der Waals surface area contributed by atoms with Crippen molar-refractivity contribution < 1.29 is 5.11 Å². The molecule has 96 valence electrons. The molecular formula is C12H13BrClN3O. The summed E-state index contributed by atoms with van der Waals surface area (Å²) in [5.74, 6) is 0. The van der Waals surface area contributed by atoms with E-state index >= 15 is 0 Å². The van der Waals surface area contributed by atoms with Gasteiger partial charge in [-0.1, -0.05) is 29.8 Å². The molecule has 1 atom stereocenters. The van der Waals surface area contributed by atoms with Gasteiger partial charge in [-0.05, 0) is 40.0 Å². The highest BCUT2D eigenvalue weighted by molar-refractivity contribution is 9.10. The fraction of sp³-hybridized carbons (Fsp3) is 0.333. The van der Waals surface area contributed by atoms with E-state index in [0.29, 0.717) is 10.7 Å². The van der Waals surface area contributed by atoms with Crippen LogP contribution >= 0.6 is 27.5 Å². The van der Waals surface area contributed by atoms with E-state index in [0.717, 1.165) is 23.0 Å². The molecule has 1 heterocycles. The van der Waals surface area contributed by atoms with E-state index in [1.54, 1.807) is 29.1 Å². The van der Waals surface area contributed by atoms with E-state index in [9.17, 15) is 5.11 Å². The molecule has 1 N–H and O–H groups in total. The van der Waals surface area contributed by atoms with Crippen LogP contribution in [-0.2, 0) is 6.54 Å². The van der Waals surface area contributed by atoms with Crippen LogP contribution < -0.4 is 0 Å². The SMILES string of the molecule is CCCn1nncc1C(O)c1ccc(Cl)c(Br)c1. The number of aliphatic hydroxyl groups is 1. The van der Waals surface area contributed by atoms with E-state index < -0.39 is 6.10 Å². The molecule has 0 aliphatic rings. The summed E-state index contributed by atoms with van der Waals surface area (Å²) in [6.45, 7) is 2.79. The van der Waals surface area contributed by atoms with E-state index in [-0.39, 0.29) is 0 Å². The third-order valence-corrected chi connectivity index (χ3v) is 3.84. The van der Waals surface area contributed by atoms with Crippen LogP contribution in [0, 0.1) is 0 Å². The van der Waals surface area contributed by atoms with Crippen molar-refractivity contribution in [2.75, 3.05) is 0 Å². The lowest BCUT2D eigenvalue weighted by molar-refractivity contribution is 0.207. The van der Waals surface area contributed by atoms with Gasteiger partial charge in [-0.25, -0.2) is 4.68 Å². The van der Waals surface area contributed by atoms with Crippen LogP contribution in [0.4, 0.5) is 0 Å². The summed E-state index contributed by atoms with van der Waals surface area (Å²) < 4.78 is 2.47. The highest BCUT2D eigenvalue weighted by Crippen LogP contribution is 2.28. The topological polar surface area (TPSA) is 50.9 Å². The third-order valence-electron chi connectivity index (χ3n) is 2.62. The minimum Gasteiger partial charge on any atom is -0.382 e. The maximum atomic E-state index is 10.3. The summed E-state index contributed by atoms with van der Waals surface area (Å²) in [4.78, 5) is 0. The van der Waals surface area contributed by atoms with Gasteiger partial charge >= 0.3 is 0 Å². The molecule has 4 nitrogen and oxygen atoms in total. The molecule has 18 heavy (non-hydrogen) atoms. The van der Waals surface area contributed by atoms with Gasteiger partial charge in [0.2, 0.25) is 0 Å². The highest BCUT2D eigenvalue weighted by atomic mass is 79.9. The number of aromatic nitrogens is 3. The minimum absolute atomic E-state index is 0.617. The molecule has 6 heteroatoms. The fourth-order valence-electron chi connectivity index (χ4n) is 1.72. The lowest BCUT2D eigenvalue weighted by Gasteiger charge is -2.13. The lowest BCUT2D eigenvalue weighted by atomic mass is 10.1. The number of hydrogen-bond acceptors (Lipinski definition) is 3. The predicted molar refractivity (Wildman–Crippen MR) is 73.5 cm³/mol. The second-order valence-corrected chi connectivity index (χ2v) is 5.22. The van der Waals surface area contributed by atoms with Gasteiger partial charge in [-0.15, -0.1) is 5.10 Å². The van der Waals surface area contributed by atoms with Crippen molar-refractivity contribution in [2.45, 2.75) is 26.0 Å². The number of hydrogen-bond donors (Lipinski definition) is 1. The molecule has 1 unspecified atom stereocenters. The quantitative estimate of drug-likeness (QED) is 0.936. The molecule has 0 aliphatic carbocycles. The zero-order valence-electron chi connectivity index (χ0n) is 9.85. The lowest BCUT2D eigenvalue weighted by Crippen LogP contribution is -2.10. The molecule has 0 amide bonds. The van der Waals surface area contributed by atoms with Gasteiger partial charge in [0.05, 0.1) is 16.9 Å². The molecule has 0 aliphatic heterocycles. The number of rotatable bonds is 4. The standard InChI is InChI=1S/C12H13BrClN3O/c1-2-5-17-11(7-15-16-17)12(18)8-3-4-10(14)9(13)6-8/h3-4,6-7,12,18H,2,5H2,1H3. The Morgan fingerprint density at radius 1 is 1.50 bits per heavy atom. The van der Waals surface area contributed by atoms with Crippen molar-refractivity contribution in [3.8, 4) is 0 Å². The monoisotopic (exact) mass is 329 g/mol. The Balaban J connectivity index is 2.32. The zero-order chi connectivity index (χ0) is 13.1. The van der Waals surface area contributed by atoms with E-state index in [4.69, 9.17) is 11.6 Å². The average molecular weight is 331 g/mol. The largest absolute Gasteiger partial charge is 0.382 e. The first-order valence-corrected chi connectivity index (χ1v) is 6.82. The molecule has 1 aromatic carbocycles. The highest BCUT2D eigenvalue weighted by Gasteiger charge is 2.16. The van der Waals surface area contributed by atoms with Crippen molar-refractivity contribution >= 4 is 27.5 Å². The van der Waals surface area contributed by atoms with Crippen LogP contribution in [-0.4, -0.2) is 20.1 Å². The Hall–Kier alpha value is -0.910. The van der Waals surface area contributed by atoms with Crippen LogP contribution in [0.1, 0.15) is 30.7 Å². The Morgan fingerprint density at radius 2 is 2.28 bits per heavy atom. The number of aryl methyl sites for hydroxylation is 1. The second-order valence-electron chi connectivity index (χ2n) is 3.96. The molecular weight excluding hydrogens is 318 g/mol. The number of benzene rings is 1. The first kappa shape index (κ1) is 13.5. The van der Waals surface area contributed by atoms with Crippen LogP contribution in [0.25, 0.3) is 0 Å². The molecule has 0 saturated heterocycles. The predicted octanol–water partition coefficient (Wildman–Crippen LogP) is 3.19. The second kappa shape index (κ2) is 5.82. The Kier molecular flexibility index (Phi) is 4.37. The van der Waals surface area contributed by atoms with Gasteiger partial charge in [0, 0.05) is 11.0 Å². The van der Waals surface area contributed by atoms with Gasteiger partial charge in [0.15, 0.2) is 0 Å². The van der Waals surface area contributed by atoms with Crippen LogP contribution in [0.15, 0.2) is 28.9 Å². The van der Waals surface area contributed by atoms with Gasteiger partial charge in [0.1, 0.15) is 6.10 Å². The molecule has 0 spiro atoms. The van der Waals surface area contributed by atoms with Crippen molar-refractivity contribution in [1.82, 2.24) is 15.0 Å². The van der Waals surface area contributed by atoms with E-state index in [2.05, 4.69) is 33.2 Å². The molecule has 0 saturated carbocycles. The van der Waals surface area contributed by atoms with Crippen molar-refractivity contribution in [1.29, 1.82) is 0 Å². The Labute approximate surface area is 119 Å². The summed E-state index contributed by atoms with van der Waals surface area (Å²) in [7, 11) is 0. The third kappa shape index (κ3) is 2.74. The normalized spacial score (nSPS) is 12.7. The first-order valence-electron chi connectivity index (χ1n) is 5.65. The summed E-state index contributed by atoms with van der Waals surface area (Å²) in [5.41, 5.74) is 1.44. The molecule has 0 radical (unpaired) electrons. The Morgan fingerprint density at radius 3 is 2.94 bits per heavy atom. The summed E-state index contributed by atoms with van der Waals surface area (Å²) in [6.07, 6.45) is 1.77. The van der Waals surface area contributed by atoms with Crippen LogP contribution in [0.2, 0.25) is 5.02 Å². The summed E-state index contributed by atoms with van der Waals surface area (Å²) in [5, 5.41) is 18.8. The first-order chi connectivity index (χ1) is 8.63.